The number of hydrogen-bond acceptors (Lipinski definition) is 6. The zero-order valence-corrected chi connectivity index (χ0v) is 17.1. The van der Waals surface area contributed by atoms with Gasteiger partial charge in [-0.25, -0.2) is 4.98 Å². The van der Waals surface area contributed by atoms with E-state index in [1.807, 2.05) is 46.7 Å². The van der Waals surface area contributed by atoms with Crippen molar-refractivity contribution in [2.75, 3.05) is 38.2 Å². The number of amides is 1. The summed E-state index contributed by atoms with van der Waals surface area (Å²) >= 11 is 1.54. The zero-order valence-electron chi connectivity index (χ0n) is 16.3. The van der Waals surface area contributed by atoms with Gasteiger partial charge >= 0.3 is 0 Å². The van der Waals surface area contributed by atoms with Crippen LogP contribution in [-0.2, 0) is 6.61 Å². The molecular formula is C22H23N3O3S. The van der Waals surface area contributed by atoms with Crippen LogP contribution in [0.3, 0.4) is 0 Å². The van der Waals surface area contributed by atoms with Crippen LogP contribution in [0.15, 0.2) is 59.4 Å². The predicted molar refractivity (Wildman–Crippen MR) is 114 cm³/mol. The van der Waals surface area contributed by atoms with Gasteiger partial charge in [0.05, 0.1) is 18.3 Å². The summed E-state index contributed by atoms with van der Waals surface area (Å²) < 4.78 is 11.0. The maximum atomic E-state index is 12.9. The number of nitrogens with zero attached hydrogens (tertiary/aromatic N) is 3. The molecule has 1 fully saturated rings. The molecule has 0 unspecified atom stereocenters. The first-order valence-corrected chi connectivity index (χ1v) is 10.5. The van der Waals surface area contributed by atoms with E-state index in [0.717, 1.165) is 30.2 Å². The summed E-state index contributed by atoms with van der Waals surface area (Å²) in [6, 6.07) is 15.4. The molecule has 2 aromatic carbocycles. The Morgan fingerprint density at radius 2 is 1.86 bits per heavy atom. The number of hydrogen-bond donors (Lipinski definition) is 0. The van der Waals surface area contributed by atoms with E-state index in [9.17, 15) is 4.79 Å². The minimum atomic E-state index is 0.0403. The molecule has 0 aliphatic carbocycles. The number of piperazine rings is 1. The van der Waals surface area contributed by atoms with Crippen molar-refractivity contribution in [3.8, 4) is 11.5 Å². The molecule has 1 aromatic heterocycles. The fourth-order valence-electron chi connectivity index (χ4n) is 3.33. The van der Waals surface area contributed by atoms with Crippen LogP contribution in [0.25, 0.3) is 0 Å². The molecule has 0 bridgehead atoms. The van der Waals surface area contributed by atoms with Crippen LogP contribution in [0.5, 0.6) is 11.5 Å². The van der Waals surface area contributed by atoms with Crippen molar-refractivity contribution in [1.29, 1.82) is 0 Å². The average molecular weight is 410 g/mol. The second kappa shape index (κ2) is 8.96. The lowest BCUT2D eigenvalue weighted by Gasteiger charge is -2.36. The van der Waals surface area contributed by atoms with Crippen LogP contribution in [0.4, 0.5) is 5.69 Å². The number of thiazole rings is 1. The van der Waals surface area contributed by atoms with Crippen LogP contribution in [0.2, 0.25) is 0 Å². The molecule has 0 saturated carbocycles. The third kappa shape index (κ3) is 4.68. The van der Waals surface area contributed by atoms with E-state index in [2.05, 4.69) is 22.0 Å². The van der Waals surface area contributed by atoms with Crippen molar-refractivity contribution in [3.05, 3.63) is 70.7 Å². The fraction of sp³-hybridized carbons (Fsp3) is 0.273. The van der Waals surface area contributed by atoms with E-state index >= 15 is 0 Å². The normalized spacial score (nSPS) is 14.0. The molecule has 1 aliphatic heterocycles. The van der Waals surface area contributed by atoms with Gasteiger partial charge in [-0.15, -0.1) is 11.3 Å². The molecule has 1 saturated heterocycles. The summed E-state index contributed by atoms with van der Waals surface area (Å²) in [6.07, 6.45) is 0. The highest BCUT2D eigenvalue weighted by molar-refractivity contribution is 7.07. The van der Waals surface area contributed by atoms with Crippen LogP contribution in [0, 0.1) is 0 Å². The number of rotatable bonds is 6. The maximum Gasteiger partial charge on any atom is 0.254 e. The van der Waals surface area contributed by atoms with Gasteiger partial charge in [-0.05, 0) is 42.5 Å². The maximum absolute atomic E-state index is 12.9. The van der Waals surface area contributed by atoms with Gasteiger partial charge in [-0.2, -0.15) is 0 Å². The summed E-state index contributed by atoms with van der Waals surface area (Å²) in [5.74, 6) is 1.57. The summed E-state index contributed by atoms with van der Waals surface area (Å²) in [7, 11) is 1.67. The highest BCUT2D eigenvalue weighted by atomic mass is 32.1. The molecule has 0 N–H and O–H groups in total. The van der Waals surface area contributed by atoms with Crippen molar-refractivity contribution in [2.45, 2.75) is 6.61 Å². The van der Waals surface area contributed by atoms with Gasteiger partial charge in [0.1, 0.15) is 18.1 Å². The molecule has 3 aromatic rings. The number of carbonyl (C=O) groups is 1. The van der Waals surface area contributed by atoms with Gasteiger partial charge in [-0.1, -0.05) is 6.07 Å². The number of aromatic nitrogens is 1. The number of ether oxygens (including phenoxy) is 2. The van der Waals surface area contributed by atoms with Crippen LogP contribution >= 0.6 is 11.3 Å². The Hall–Kier alpha value is -3.06. The summed E-state index contributed by atoms with van der Waals surface area (Å²) in [5, 5.41) is 1.96. The van der Waals surface area contributed by atoms with Crippen LogP contribution < -0.4 is 14.4 Å². The van der Waals surface area contributed by atoms with Gasteiger partial charge in [0.2, 0.25) is 0 Å². The molecule has 150 valence electrons. The van der Waals surface area contributed by atoms with E-state index in [-0.39, 0.29) is 5.91 Å². The lowest BCUT2D eigenvalue weighted by molar-refractivity contribution is 0.0746. The van der Waals surface area contributed by atoms with Gasteiger partial charge in [0, 0.05) is 42.8 Å². The quantitative estimate of drug-likeness (QED) is 0.622. The number of methoxy groups -OCH3 is 1. The Morgan fingerprint density at radius 3 is 2.55 bits per heavy atom. The predicted octanol–water partition coefficient (Wildman–Crippen LogP) is 3.69. The second-order valence-electron chi connectivity index (χ2n) is 6.77. The Morgan fingerprint density at radius 1 is 1.07 bits per heavy atom. The third-order valence-electron chi connectivity index (χ3n) is 4.96. The summed E-state index contributed by atoms with van der Waals surface area (Å²) in [4.78, 5) is 21.3. The minimum absolute atomic E-state index is 0.0403. The fourth-order valence-corrected chi connectivity index (χ4v) is 3.87. The molecule has 4 rings (SSSR count). The number of anilines is 1. The monoisotopic (exact) mass is 409 g/mol. The molecule has 0 atom stereocenters. The molecular weight excluding hydrogens is 386 g/mol. The van der Waals surface area contributed by atoms with Crippen molar-refractivity contribution in [1.82, 2.24) is 9.88 Å². The Labute approximate surface area is 174 Å². The van der Waals surface area contributed by atoms with Crippen LogP contribution in [0.1, 0.15) is 16.1 Å². The van der Waals surface area contributed by atoms with Gasteiger partial charge in [0.25, 0.3) is 5.91 Å². The first-order chi connectivity index (χ1) is 14.2. The molecule has 1 amide bonds. The van der Waals surface area contributed by atoms with Crippen molar-refractivity contribution in [2.24, 2.45) is 0 Å². The Kier molecular flexibility index (Phi) is 5.95. The molecule has 0 radical (unpaired) electrons. The molecule has 7 heteroatoms. The van der Waals surface area contributed by atoms with Gasteiger partial charge in [0.15, 0.2) is 0 Å². The second-order valence-corrected chi connectivity index (χ2v) is 7.49. The molecule has 0 spiro atoms. The van der Waals surface area contributed by atoms with Crippen molar-refractivity contribution < 1.29 is 14.3 Å². The third-order valence-corrected chi connectivity index (χ3v) is 5.59. The van der Waals surface area contributed by atoms with Crippen molar-refractivity contribution in [3.63, 3.8) is 0 Å². The SMILES string of the molecule is COc1ccc(N2CCN(C(=O)c3cccc(OCc4cscn4)c3)CC2)cc1. The topological polar surface area (TPSA) is 54.9 Å². The lowest BCUT2D eigenvalue weighted by Crippen LogP contribution is -2.48. The molecule has 1 aliphatic rings. The number of benzene rings is 2. The Balaban J connectivity index is 1.34. The smallest absolute Gasteiger partial charge is 0.254 e. The molecule has 2 heterocycles. The van der Waals surface area contributed by atoms with Crippen molar-refractivity contribution >= 4 is 22.9 Å². The highest BCUT2D eigenvalue weighted by Crippen LogP contribution is 2.22. The van der Waals surface area contributed by atoms with Gasteiger partial charge < -0.3 is 19.3 Å². The Bertz CT molecular complexity index is 936. The molecule has 6 nitrogen and oxygen atoms in total. The lowest BCUT2D eigenvalue weighted by atomic mass is 10.1. The van der Waals surface area contributed by atoms with E-state index in [0.29, 0.717) is 31.0 Å². The molecule has 29 heavy (non-hydrogen) atoms. The largest absolute Gasteiger partial charge is 0.497 e. The zero-order chi connectivity index (χ0) is 20.1. The standard InChI is InChI=1S/C22H23N3O3S/c1-27-20-7-5-19(6-8-20)24-9-11-25(12-10-24)22(26)17-3-2-4-21(13-17)28-14-18-15-29-16-23-18/h2-8,13,15-16H,9-12,14H2,1H3. The summed E-state index contributed by atoms with van der Waals surface area (Å²) in [5.41, 5.74) is 4.47. The number of carbonyl (C=O) groups excluding carboxylic acids is 1. The van der Waals surface area contributed by atoms with Crippen LogP contribution in [-0.4, -0.2) is 49.1 Å². The minimum Gasteiger partial charge on any atom is -0.497 e. The first kappa shape index (κ1) is 19.3. The van der Waals surface area contributed by atoms with E-state index in [1.54, 1.807) is 12.6 Å². The highest BCUT2D eigenvalue weighted by Gasteiger charge is 2.22. The van der Waals surface area contributed by atoms with E-state index in [4.69, 9.17) is 9.47 Å². The summed E-state index contributed by atoms with van der Waals surface area (Å²) in [6.45, 7) is 3.39. The first-order valence-electron chi connectivity index (χ1n) is 9.51. The van der Waals surface area contributed by atoms with E-state index in [1.165, 1.54) is 11.3 Å². The van der Waals surface area contributed by atoms with Gasteiger partial charge in [-0.3, -0.25) is 4.79 Å². The van der Waals surface area contributed by atoms with E-state index < -0.39 is 0 Å². The average Bonchev–Trinajstić information content (AvgIpc) is 3.31.